The van der Waals surface area contributed by atoms with Gasteiger partial charge >= 0.3 is 5.97 Å². The molecule has 1 aromatic rings. The van der Waals surface area contributed by atoms with Crippen LogP contribution in [0.4, 0.5) is 5.69 Å². The van der Waals surface area contributed by atoms with Crippen molar-refractivity contribution in [3.63, 3.8) is 0 Å². The van der Waals surface area contributed by atoms with Crippen molar-refractivity contribution in [3.8, 4) is 0 Å². The summed E-state index contributed by atoms with van der Waals surface area (Å²) in [7, 11) is 0. The van der Waals surface area contributed by atoms with Gasteiger partial charge in [-0.3, -0.25) is 19.7 Å². The summed E-state index contributed by atoms with van der Waals surface area (Å²) in [6.45, 7) is 1.70. The van der Waals surface area contributed by atoms with Crippen LogP contribution in [0, 0.1) is 16.0 Å². The standard InChI is InChI=1S/C12H13ClN2O5/c1-7(12(17)18)4-5-14-11(16)8-2-3-9(13)10(6-8)15(19)20/h2-3,6-7H,4-5H2,1H3,(H,14,16)(H,17,18). The van der Waals surface area contributed by atoms with Crippen LogP contribution in [0.3, 0.4) is 0 Å². The van der Waals surface area contributed by atoms with Crippen molar-refractivity contribution in [2.75, 3.05) is 6.54 Å². The van der Waals surface area contributed by atoms with Gasteiger partial charge in [0.05, 0.1) is 10.8 Å². The van der Waals surface area contributed by atoms with Gasteiger partial charge in [0, 0.05) is 18.2 Å². The minimum atomic E-state index is -0.943. The lowest BCUT2D eigenvalue weighted by Crippen LogP contribution is -2.27. The van der Waals surface area contributed by atoms with E-state index in [4.69, 9.17) is 16.7 Å². The van der Waals surface area contributed by atoms with Crippen molar-refractivity contribution in [3.05, 3.63) is 38.9 Å². The minimum Gasteiger partial charge on any atom is -0.481 e. The van der Waals surface area contributed by atoms with E-state index in [1.165, 1.54) is 19.1 Å². The van der Waals surface area contributed by atoms with E-state index in [9.17, 15) is 19.7 Å². The number of nitro benzene ring substituents is 1. The second-order valence-corrected chi connectivity index (χ2v) is 4.61. The summed E-state index contributed by atoms with van der Waals surface area (Å²) in [4.78, 5) is 32.4. The van der Waals surface area contributed by atoms with Crippen LogP contribution in [0.1, 0.15) is 23.7 Å². The van der Waals surface area contributed by atoms with Crippen molar-refractivity contribution in [2.24, 2.45) is 5.92 Å². The summed E-state index contributed by atoms with van der Waals surface area (Å²) >= 11 is 5.64. The molecule has 1 aromatic carbocycles. The lowest BCUT2D eigenvalue weighted by atomic mass is 10.1. The molecule has 108 valence electrons. The van der Waals surface area contributed by atoms with E-state index in [2.05, 4.69) is 5.32 Å². The highest BCUT2D eigenvalue weighted by Gasteiger charge is 2.16. The van der Waals surface area contributed by atoms with Crippen LogP contribution in [0.2, 0.25) is 5.02 Å². The Labute approximate surface area is 119 Å². The largest absolute Gasteiger partial charge is 0.481 e. The predicted molar refractivity (Wildman–Crippen MR) is 71.9 cm³/mol. The summed E-state index contributed by atoms with van der Waals surface area (Å²) in [5, 5.41) is 21.8. The molecule has 0 radical (unpaired) electrons. The van der Waals surface area contributed by atoms with E-state index < -0.39 is 22.7 Å². The van der Waals surface area contributed by atoms with Gasteiger partial charge in [-0.15, -0.1) is 0 Å². The Hall–Kier alpha value is -2.15. The SMILES string of the molecule is CC(CCNC(=O)c1ccc(Cl)c([N+](=O)[O-])c1)C(=O)O. The highest BCUT2D eigenvalue weighted by atomic mass is 35.5. The van der Waals surface area contributed by atoms with Crippen LogP contribution in [-0.2, 0) is 4.79 Å². The number of carboxylic acid groups (broad SMARTS) is 1. The molecular weight excluding hydrogens is 288 g/mol. The van der Waals surface area contributed by atoms with Crippen LogP contribution in [0.15, 0.2) is 18.2 Å². The highest BCUT2D eigenvalue weighted by Crippen LogP contribution is 2.24. The molecule has 8 heteroatoms. The molecular formula is C12H13ClN2O5. The Morgan fingerprint density at radius 1 is 1.50 bits per heavy atom. The fourth-order valence-electron chi connectivity index (χ4n) is 1.42. The molecule has 20 heavy (non-hydrogen) atoms. The number of benzene rings is 1. The molecule has 1 amide bonds. The average Bonchev–Trinajstić information content (AvgIpc) is 2.38. The third kappa shape index (κ3) is 4.20. The molecule has 0 bridgehead atoms. The lowest BCUT2D eigenvalue weighted by molar-refractivity contribution is -0.384. The number of nitrogens with zero attached hydrogens (tertiary/aromatic N) is 1. The Morgan fingerprint density at radius 3 is 2.70 bits per heavy atom. The zero-order valence-electron chi connectivity index (χ0n) is 10.6. The summed E-state index contributed by atoms with van der Waals surface area (Å²) in [5.74, 6) is -2.03. The van der Waals surface area contributed by atoms with Crippen molar-refractivity contribution in [2.45, 2.75) is 13.3 Å². The number of hydrogen-bond acceptors (Lipinski definition) is 4. The monoisotopic (exact) mass is 300 g/mol. The first kappa shape index (κ1) is 15.9. The molecule has 1 unspecified atom stereocenters. The predicted octanol–water partition coefficient (Wildman–Crippen LogP) is 2.09. The number of nitrogens with one attached hydrogen (secondary N) is 1. The Morgan fingerprint density at radius 2 is 2.15 bits per heavy atom. The minimum absolute atomic E-state index is 0.0500. The summed E-state index contributed by atoms with van der Waals surface area (Å²) in [6.07, 6.45) is 0.275. The van der Waals surface area contributed by atoms with Crippen molar-refractivity contribution in [1.82, 2.24) is 5.32 Å². The molecule has 0 aliphatic rings. The first-order valence-electron chi connectivity index (χ1n) is 5.78. The normalized spacial score (nSPS) is 11.7. The van der Waals surface area contributed by atoms with E-state index in [-0.39, 0.29) is 29.2 Å². The zero-order valence-corrected chi connectivity index (χ0v) is 11.4. The number of rotatable bonds is 6. The molecule has 1 rings (SSSR count). The molecule has 0 saturated carbocycles. The first-order valence-corrected chi connectivity index (χ1v) is 6.15. The van der Waals surface area contributed by atoms with Gasteiger partial charge in [0.25, 0.3) is 11.6 Å². The maximum atomic E-state index is 11.8. The smallest absolute Gasteiger partial charge is 0.306 e. The maximum absolute atomic E-state index is 11.8. The molecule has 0 heterocycles. The molecule has 7 nitrogen and oxygen atoms in total. The number of hydrogen-bond donors (Lipinski definition) is 2. The Kier molecular flexibility index (Phi) is 5.45. The lowest BCUT2D eigenvalue weighted by Gasteiger charge is -2.08. The van der Waals surface area contributed by atoms with Crippen molar-refractivity contribution < 1.29 is 19.6 Å². The number of amides is 1. The van der Waals surface area contributed by atoms with E-state index in [0.717, 1.165) is 6.07 Å². The molecule has 0 saturated heterocycles. The quantitative estimate of drug-likeness (QED) is 0.617. The number of nitro groups is 1. The van der Waals surface area contributed by atoms with Crippen LogP contribution in [0.5, 0.6) is 0 Å². The van der Waals surface area contributed by atoms with Crippen LogP contribution in [0.25, 0.3) is 0 Å². The third-order valence-corrected chi connectivity index (χ3v) is 3.01. The molecule has 0 fully saturated rings. The van der Waals surface area contributed by atoms with Gasteiger partial charge in [0.1, 0.15) is 5.02 Å². The maximum Gasteiger partial charge on any atom is 0.306 e. The average molecular weight is 301 g/mol. The molecule has 1 atom stereocenters. The van der Waals surface area contributed by atoms with Crippen molar-refractivity contribution in [1.29, 1.82) is 0 Å². The first-order chi connectivity index (χ1) is 9.32. The van der Waals surface area contributed by atoms with Gasteiger partial charge < -0.3 is 10.4 Å². The van der Waals surface area contributed by atoms with Gasteiger partial charge in [-0.2, -0.15) is 0 Å². The van der Waals surface area contributed by atoms with E-state index in [0.29, 0.717) is 0 Å². The Balaban J connectivity index is 2.67. The fourth-order valence-corrected chi connectivity index (χ4v) is 1.61. The second-order valence-electron chi connectivity index (χ2n) is 4.21. The van der Waals surface area contributed by atoms with Crippen molar-refractivity contribution >= 4 is 29.2 Å². The fraction of sp³-hybridized carbons (Fsp3) is 0.333. The van der Waals surface area contributed by atoms with Gasteiger partial charge in [0.2, 0.25) is 0 Å². The molecule has 0 aromatic heterocycles. The van der Waals surface area contributed by atoms with Gasteiger partial charge in [-0.1, -0.05) is 18.5 Å². The molecule has 0 aliphatic carbocycles. The zero-order chi connectivity index (χ0) is 15.3. The topological polar surface area (TPSA) is 110 Å². The number of aliphatic carboxylic acids is 1. The molecule has 0 spiro atoms. The molecule has 2 N–H and O–H groups in total. The number of carbonyl (C=O) groups is 2. The summed E-state index contributed by atoms with van der Waals surface area (Å²) < 4.78 is 0. The second kappa shape index (κ2) is 6.85. The van der Waals surface area contributed by atoms with Gasteiger partial charge in [-0.05, 0) is 18.6 Å². The van der Waals surface area contributed by atoms with Crippen LogP contribution in [-0.4, -0.2) is 28.5 Å². The van der Waals surface area contributed by atoms with Gasteiger partial charge in [0.15, 0.2) is 0 Å². The summed E-state index contributed by atoms with van der Waals surface area (Å²) in [5.41, 5.74) is -0.248. The number of carboxylic acids is 1. The number of carbonyl (C=O) groups excluding carboxylic acids is 1. The third-order valence-electron chi connectivity index (χ3n) is 2.69. The van der Waals surface area contributed by atoms with Crippen LogP contribution < -0.4 is 5.32 Å². The number of halogens is 1. The Bertz CT molecular complexity index is 547. The van der Waals surface area contributed by atoms with E-state index in [1.807, 2.05) is 0 Å². The van der Waals surface area contributed by atoms with E-state index in [1.54, 1.807) is 0 Å². The van der Waals surface area contributed by atoms with Gasteiger partial charge in [-0.25, -0.2) is 0 Å². The molecule has 0 aliphatic heterocycles. The highest BCUT2D eigenvalue weighted by molar-refractivity contribution is 6.32. The summed E-state index contributed by atoms with van der Waals surface area (Å²) in [6, 6.07) is 3.72. The van der Waals surface area contributed by atoms with Crippen LogP contribution >= 0.6 is 11.6 Å². The van der Waals surface area contributed by atoms with E-state index >= 15 is 0 Å².